The molecule has 2 rings (SSSR count). The molecule has 1 aromatic rings. The highest BCUT2D eigenvalue weighted by Gasteiger charge is 2.44. The van der Waals surface area contributed by atoms with Crippen LogP contribution in [0.4, 0.5) is 0 Å². The molecule has 0 radical (unpaired) electrons. The molecule has 1 aliphatic rings. The Kier molecular flexibility index (Phi) is 2.99. The Labute approximate surface area is 101 Å². The molecule has 1 saturated carbocycles. The van der Waals surface area contributed by atoms with Gasteiger partial charge >= 0.3 is 0 Å². The molecule has 0 spiro atoms. The number of halogens is 1. The van der Waals surface area contributed by atoms with Crippen LogP contribution >= 0.6 is 11.6 Å². The molecule has 0 heterocycles. The highest BCUT2D eigenvalue weighted by Crippen LogP contribution is 2.48. The van der Waals surface area contributed by atoms with Gasteiger partial charge in [-0.3, -0.25) is 0 Å². The molecule has 0 amide bonds. The Bertz CT molecular complexity index is 494. The predicted octanol–water partition coefficient (Wildman–Crippen LogP) is 1.92. The van der Waals surface area contributed by atoms with E-state index in [4.69, 9.17) is 11.6 Å². The van der Waals surface area contributed by atoms with Crippen LogP contribution in [0.1, 0.15) is 18.4 Å². The lowest BCUT2D eigenvalue weighted by atomic mass is 9.96. The summed E-state index contributed by atoms with van der Waals surface area (Å²) in [6.07, 6.45) is 3.20. The molecular weight excluding hydrogens is 246 g/mol. The van der Waals surface area contributed by atoms with E-state index in [2.05, 4.69) is 4.72 Å². The fourth-order valence-corrected chi connectivity index (χ4v) is 2.53. The van der Waals surface area contributed by atoms with Crippen molar-refractivity contribution in [3.05, 3.63) is 34.9 Å². The first-order chi connectivity index (χ1) is 7.41. The van der Waals surface area contributed by atoms with Crippen molar-refractivity contribution in [1.82, 2.24) is 4.72 Å². The normalized spacial score (nSPS) is 18.4. The third-order valence-electron chi connectivity index (χ3n) is 2.96. The molecule has 0 saturated heterocycles. The second-order valence-corrected chi connectivity index (χ2v) is 6.65. The van der Waals surface area contributed by atoms with E-state index < -0.39 is 10.0 Å². The average Bonchev–Trinajstić information content (AvgIpc) is 2.94. The van der Waals surface area contributed by atoms with Gasteiger partial charge in [0.2, 0.25) is 10.0 Å². The summed E-state index contributed by atoms with van der Waals surface area (Å²) in [7, 11) is -3.12. The maximum Gasteiger partial charge on any atom is 0.208 e. The molecule has 1 aromatic carbocycles. The van der Waals surface area contributed by atoms with Crippen LogP contribution in [0, 0.1) is 0 Å². The van der Waals surface area contributed by atoms with Gasteiger partial charge in [0, 0.05) is 17.0 Å². The zero-order valence-corrected chi connectivity index (χ0v) is 10.6. The molecule has 88 valence electrons. The van der Waals surface area contributed by atoms with Crippen molar-refractivity contribution in [2.45, 2.75) is 18.3 Å². The molecule has 16 heavy (non-hydrogen) atoms. The van der Waals surface area contributed by atoms with Crippen LogP contribution in [0.15, 0.2) is 24.3 Å². The van der Waals surface area contributed by atoms with Crippen LogP contribution in [0.5, 0.6) is 0 Å². The van der Waals surface area contributed by atoms with Crippen molar-refractivity contribution < 1.29 is 8.42 Å². The Morgan fingerprint density at radius 3 is 2.62 bits per heavy atom. The summed E-state index contributed by atoms with van der Waals surface area (Å²) in [5.41, 5.74) is 1.09. The van der Waals surface area contributed by atoms with E-state index in [0.29, 0.717) is 11.6 Å². The minimum atomic E-state index is -3.12. The van der Waals surface area contributed by atoms with E-state index in [1.807, 2.05) is 24.3 Å². The maximum atomic E-state index is 11.1. The second kappa shape index (κ2) is 4.02. The number of nitrogens with one attached hydrogen (secondary N) is 1. The van der Waals surface area contributed by atoms with Crippen LogP contribution in [0.2, 0.25) is 5.02 Å². The Morgan fingerprint density at radius 1 is 1.44 bits per heavy atom. The third kappa shape index (κ3) is 2.75. The van der Waals surface area contributed by atoms with Gasteiger partial charge in [0.15, 0.2) is 0 Å². The van der Waals surface area contributed by atoms with Crippen molar-refractivity contribution >= 4 is 21.6 Å². The van der Waals surface area contributed by atoms with E-state index >= 15 is 0 Å². The lowest BCUT2D eigenvalue weighted by Gasteiger charge is -2.15. The Hall–Kier alpha value is -0.580. The fourth-order valence-electron chi connectivity index (χ4n) is 1.81. The molecule has 3 nitrogen and oxygen atoms in total. The fraction of sp³-hybridized carbons (Fsp3) is 0.455. The third-order valence-corrected chi connectivity index (χ3v) is 3.87. The topological polar surface area (TPSA) is 46.2 Å². The summed E-state index contributed by atoms with van der Waals surface area (Å²) < 4.78 is 24.7. The summed E-state index contributed by atoms with van der Waals surface area (Å²) in [4.78, 5) is 0. The van der Waals surface area contributed by atoms with Gasteiger partial charge in [-0.1, -0.05) is 23.7 Å². The first kappa shape index (κ1) is 11.9. The van der Waals surface area contributed by atoms with Crippen LogP contribution in [0.3, 0.4) is 0 Å². The number of hydrogen-bond acceptors (Lipinski definition) is 2. The minimum absolute atomic E-state index is 0.0337. The summed E-state index contributed by atoms with van der Waals surface area (Å²) in [6, 6.07) is 7.64. The van der Waals surface area contributed by atoms with Gasteiger partial charge in [0.05, 0.1) is 6.26 Å². The lowest BCUT2D eigenvalue weighted by molar-refractivity contribution is 0.573. The highest BCUT2D eigenvalue weighted by molar-refractivity contribution is 7.88. The number of sulfonamides is 1. The van der Waals surface area contributed by atoms with E-state index in [-0.39, 0.29) is 5.41 Å². The highest BCUT2D eigenvalue weighted by atomic mass is 35.5. The van der Waals surface area contributed by atoms with E-state index in [1.165, 1.54) is 6.26 Å². The molecule has 1 aliphatic carbocycles. The van der Waals surface area contributed by atoms with Gasteiger partial charge in [0.1, 0.15) is 0 Å². The summed E-state index contributed by atoms with van der Waals surface area (Å²) in [5.74, 6) is 0. The van der Waals surface area contributed by atoms with Crippen molar-refractivity contribution in [1.29, 1.82) is 0 Å². The monoisotopic (exact) mass is 259 g/mol. The van der Waals surface area contributed by atoms with Crippen LogP contribution in [-0.4, -0.2) is 21.2 Å². The van der Waals surface area contributed by atoms with Crippen molar-refractivity contribution in [2.75, 3.05) is 12.8 Å². The van der Waals surface area contributed by atoms with E-state index in [0.717, 1.165) is 18.4 Å². The largest absolute Gasteiger partial charge is 0.215 e. The van der Waals surface area contributed by atoms with Crippen molar-refractivity contribution in [2.24, 2.45) is 0 Å². The molecule has 0 aromatic heterocycles. The molecular formula is C11H14ClNO2S. The van der Waals surface area contributed by atoms with Crippen LogP contribution < -0.4 is 4.72 Å². The van der Waals surface area contributed by atoms with E-state index in [9.17, 15) is 8.42 Å². The van der Waals surface area contributed by atoms with Crippen LogP contribution in [0.25, 0.3) is 0 Å². The van der Waals surface area contributed by atoms with Crippen LogP contribution in [-0.2, 0) is 15.4 Å². The maximum absolute atomic E-state index is 11.1. The van der Waals surface area contributed by atoms with Gasteiger partial charge in [0.25, 0.3) is 0 Å². The first-order valence-electron chi connectivity index (χ1n) is 5.12. The predicted molar refractivity (Wildman–Crippen MR) is 65.2 cm³/mol. The van der Waals surface area contributed by atoms with Crippen molar-refractivity contribution in [3.8, 4) is 0 Å². The lowest BCUT2D eigenvalue weighted by Crippen LogP contribution is -2.31. The molecule has 0 unspecified atom stereocenters. The van der Waals surface area contributed by atoms with E-state index in [1.54, 1.807) is 0 Å². The minimum Gasteiger partial charge on any atom is -0.215 e. The first-order valence-corrected chi connectivity index (χ1v) is 7.39. The zero-order valence-electron chi connectivity index (χ0n) is 9.03. The van der Waals surface area contributed by atoms with Gasteiger partial charge < -0.3 is 0 Å². The second-order valence-electron chi connectivity index (χ2n) is 4.38. The van der Waals surface area contributed by atoms with Gasteiger partial charge in [-0.05, 0) is 30.5 Å². The van der Waals surface area contributed by atoms with Gasteiger partial charge in [-0.2, -0.15) is 0 Å². The van der Waals surface area contributed by atoms with Crippen molar-refractivity contribution in [3.63, 3.8) is 0 Å². The summed E-state index contributed by atoms with van der Waals surface area (Å²) >= 11 is 5.93. The molecule has 1 fully saturated rings. The summed E-state index contributed by atoms with van der Waals surface area (Å²) in [6.45, 7) is 0.464. The molecule has 5 heteroatoms. The Balaban J connectivity index is 2.14. The quantitative estimate of drug-likeness (QED) is 0.898. The SMILES string of the molecule is CS(=O)(=O)NCC1(c2cccc(Cl)c2)CC1. The molecule has 1 N–H and O–H groups in total. The zero-order chi connectivity index (χ0) is 11.8. The summed E-state index contributed by atoms with van der Waals surface area (Å²) in [5, 5.41) is 0.697. The number of rotatable bonds is 4. The number of benzene rings is 1. The standard InChI is InChI=1S/C11H14ClNO2S/c1-16(14,15)13-8-11(5-6-11)9-3-2-4-10(12)7-9/h2-4,7,13H,5-6,8H2,1H3. The molecule has 0 atom stereocenters. The Morgan fingerprint density at radius 2 is 2.12 bits per heavy atom. The number of hydrogen-bond donors (Lipinski definition) is 1. The average molecular weight is 260 g/mol. The smallest absolute Gasteiger partial charge is 0.208 e. The molecule has 0 bridgehead atoms. The van der Waals surface area contributed by atoms with Gasteiger partial charge in [-0.25, -0.2) is 13.1 Å². The van der Waals surface area contributed by atoms with Gasteiger partial charge in [-0.15, -0.1) is 0 Å². The molecule has 0 aliphatic heterocycles.